The molecule has 26 heavy (non-hydrogen) atoms. The Morgan fingerprint density at radius 1 is 0.962 bits per heavy atom. The van der Waals surface area contributed by atoms with Gasteiger partial charge in [-0.2, -0.15) is 0 Å². The molecule has 3 rings (SSSR count). The highest BCUT2D eigenvalue weighted by atomic mass is 16.2. The van der Waals surface area contributed by atoms with E-state index >= 15 is 0 Å². The van der Waals surface area contributed by atoms with Gasteiger partial charge in [-0.25, -0.2) is 0 Å². The number of benzene rings is 2. The second-order valence-electron chi connectivity index (χ2n) is 6.57. The maximum absolute atomic E-state index is 12.3. The lowest BCUT2D eigenvalue weighted by molar-refractivity contribution is -0.127. The highest BCUT2D eigenvalue weighted by Gasteiger charge is 2.22. The maximum Gasteiger partial charge on any atom is 0.246 e. The molecule has 0 spiro atoms. The third kappa shape index (κ3) is 5.31. The lowest BCUT2D eigenvalue weighted by atomic mass is 10.0. The first-order valence-electron chi connectivity index (χ1n) is 9.06. The van der Waals surface area contributed by atoms with Crippen LogP contribution in [-0.2, 0) is 16.0 Å². The number of nitrogens with one attached hydrogen (secondary N) is 1. The van der Waals surface area contributed by atoms with E-state index in [4.69, 9.17) is 0 Å². The number of piperidine rings is 1. The molecule has 0 bridgehead atoms. The van der Waals surface area contributed by atoms with Crippen LogP contribution in [-0.4, -0.2) is 35.8 Å². The van der Waals surface area contributed by atoms with Crippen molar-refractivity contribution in [1.82, 2.24) is 10.2 Å². The van der Waals surface area contributed by atoms with Crippen LogP contribution in [0.4, 0.5) is 0 Å². The lowest BCUT2D eigenvalue weighted by Crippen LogP contribution is -2.46. The Balaban J connectivity index is 1.43. The van der Waals surface area contributed by atoms with E-state index in [-0.39, 0.29) is 17.9 Å². The number of carbonyl (C=O) groups is 2. The third-order valence-corrected chi connectivity index (χ3v) is 4.60. The van der Waals surface area contributed by atoms with Gasteiger partial charge in [-0.15, -0.1) is 0 Å². The van der Waals surface area contributed by atoms with Crippen molar-refractivity contribution in [2.45, 2.75) is 25.3 Å². The van der Waals surface area contributed by atoms with Gasteiger partial charge in [-0.3, -0.25) is 9.59 Å². The quantitative estimate of drug-likeness (QED) is 0.845. The molecule has 4 heteroatoms. The average molecular weight is 348 g/mol. The topological polar surface area (TPSA) is 49.4 Å². The Morgan fingerprint density at radius 3 is 2.23 bits per heavy atom. The Hall–Kier alpha value is -2.88. The molecule has 2 aromatic carbocycles. The molecule has 0 aromatic heterocycles. The summed E-state index contributed by atoms with van der Waals surface area (Å²) in [6.07, 6.45) is 5.47. The second kappa shape index (κ2) is 8.99. The van der Waals surface area contributed by atoms with Crippen LogP contribution in [0.1, 0.15) is 24.0 Å². The number of likely N-dealkylation sites (tertiary alicyclic amines) is 1. The Bertz CT molecular complexity index is 748. The van der Waals surface area contributed by atoms with Crippen LogP contribution in [0.5, 0.6) is 0 Å². The smallest absolute Gasteiger partial charge is 0.246 e. The standard InChI is InChI=1S/C22H24N2O2/c25-21(17-19-9-5-2-6-10-19)23-20-13-15-24(16-14-20)22(26)12-11-18-7-3-1-4-8-18/h1-12,20H,13-17H2,(H,23,25)/b12-11+. The van der Waals surface area contributed by atoms with Gasteiger partial charge in [0.15, 0.2) is 0 Å². The molecule has 1 fully saturated rings. The highest BCUT2D eigenvalue weighted by Crippen LogP contribution is 2.12. The second-order valence-corrected chi connectivity index (χ2v) is 6.57. The molecular formula is C22H24N2O2. The van der Waals surface area contributed by atoms with Gasteiger partial charge in [-0.05, 0) is 30.0 Å². The monoisotopic (exact) mass is 348 g/mol. The SMILES string of the molecule is O=C(Cc1ccccc1)NC1CCN(C(=O)/C=C/c2ccccc2)CC1. The minimum atomic E-state index is 0.0305. The van der Waals surface area contributed by atoms with Crippen molar-refractivity contribution >= 4 is 17.9 Å². The summed E-state index contributed by atoms with van der Waals surface area (Å²) in [5.41, 5.74) is 2.03. The molecule has 2 aromatic rings. The van der Waals surface area contributed by atoms with E-state index in [2.05, 4.69) is 5.32 Å². The van der Waals surface area contributed by atoms with Crippen molar-refractivity contribution in [2.24, 2.45) is 0 Å². The number of hydrogen-bond acceptors (Lipinski definition) is 2. The number of rotatable bonds is 5. The Labute approximate surface area is 154 Å². The third-order valence-electron chi connectivity index (χ3n) is 4.60. The fourth-order valence-corrected chi connectivity index (χ4v) is 3.14. The predicted molar refractivity (Wildman–Crippen MR) is 103 cm³/mol. The average Bonchev–Trinajstić information content (AvgIpc) is 2.68. The first-order chi connectivity index (χ1) is 12.7. The van der Waals surface area contributed by atoms with Crippen molar-refractivity contribution in [3.63, 3.8) is 0 Å². The molecule has 0 radical (unpaired) electrons. The zero-order valence-electron chi connectivity index (χ0n) is 14.8. The normalized spacial score (nSPS) is 15.2. The maximum atomic E-state index is 12.3. The lowest BCUT2D eigenvalue weighted by Gasteiger charge is -2.31. The van der Waals surface area contributed by atoms with E-state index in [1.165, 1.54) is 0 Å². The van der Waals surface area contributed by atoms with Gasteiger partial charge in [0.25, 0.3) is 0 Å². The molecule has 4 nitrogen and oxygen atoms in total. The first-order valence-corrected chi connectivity index (χ1v) is 9.06. The molecule has 0 aliphatic carbocycles. The molecule has 1 N–H and O–H groups in total. The molecule has 1 saturated heterocycles. The van der Waals surface area contributed by atoms with E-state index in [9.17, 15) is 9.59 Å². The fraction of sp³-hybridized carbons (Fsp3) is 0.273. The van der Waals surface area contributed by atoms with Crippen molar-refractivity contribution in [1.29, 1.82) is 0 Å². The van der Waals surface area contributed by atoms with Crippen LogP contribution in [0.15, 0.2) is 66.7 Å². The highest BCUT2D eigenvalue weighted by molar-refractivity contribution is 5.91. The van der Waals surface area contributed by atoms with Crippen LogP contribution < -0.4 is 5.32 Å². The van der Waals surface area contributed by atoms with Crippen LogP contribution in [0, 0.1) is 0 Å². The fourth-order valence-electron chi connectivity index (χ4n) is 3.14. The Morgan fingerprint density at radius 2 is 1.58 bits per heavy atom. The van der Waals surface area contributed by atoms with Gasteiger partial charge in [-0.1, -0.05) is 60.7 Å². The van der Waals surface area contributed by atoms with Crippen molar-refractivity contribution in [2.75, 3.05) is 13.1 Å². The van der Waals surface area contributed by atoms with E-state index in [0.717, 1.165) is 24.0 Å². The van der Waals surface area contributed by atoms with E-state index in [1.54, 1.807) is 6.08 Å². The summed E-state index contributed by atoms with van der Waals surface area (Å²) in [6.45, 7) is 1.35. The molecule has 0 saturated carbocycles. The summed E-state index contributed by atoms with van der Waals surface area (Å²) in [5, 5.41) is 3.09. The van der Waals surface area contributed by atoms with Crippen molar-refractivity contribution in [3.05, 3.63) is 77.9 Å². The zero-order valence-corrected chi connectivity index (χ0v) is 14.8. The summed E-state index contributed by atoms with van der Waals surface area (Å²) in [7, 11) is 0. The minimum Gasteiger partial charge on any atom is -0.353 e. The van der Waals surface area contributed by atoms with Crippen LogP contribution in [0.2, 0.25) is 0 Å². The molecule has 0 unspecified atom stereocenters. The van der Waals surface area contributed by atoms with Crippen LogP contribution >= 0.6 is 0 Å². The van der Waals surface area contributed by atoms with Crippen LogP contribution in [0.3, 0.4) is 0 Å². The van der Waals surface area contributed by atoms with Crippen molar-refractivity contribution < 1.29 is 9.59 Å². The van der Waals surface area contributed by atoms with Gasteiger partial charge in [0.1, 0.15) is 0 Å². The number of carbonyl (C=O) groups excluding carboxylic acids is 2. The summed E-state index contributed by atoms with van der Waals surface area (Å²) < 4.78 is 0. The van der Waals surface area contributed by atoms with Crippen LogP contribution in [0.25, 0.3) is 6.08 Å². The van der Waals surface area contributed by atoms with E-state index < -0.39 is 0 Å². The minimum absolute atomic E-state index is 0.0305. The molecule has 2 amide bonds. The number of hydrogen-bond donors (Lipinski definition) is 1. The largest absolute Gasteiger partial charge is 0.353 e. The Kier molecular flexibility index (Phi) is 6.20. The zero-order chi connectivity index (χ0) is 18.2. The molecule has 134 valence electrons. The van der Waals surface area contributed by atoms with Gasteiger partial charge < -0.3 is 10.2 Å². The number of nitrogens with zero attached hydrogens (tertiary/aromatic N) is 1. The summed E-state index contributed by atoms with van der Waals surface area (Å²) in [4.78, 5) is 26.3. The van der Waals surface area contributed by atoms with E-state index in [1.807, 2.05) is 71.6 Å². The summed E-state index contributed by atoms with van der Waals surface area (Å²) >= 11 is 0. The first kappa shape index (κ1) is 17.9. The number of amides is 2. The van der Waals surface area contributed by atoms with Gasteiger partial charge in [0.2, 0.25) is 11.8 Å². The van der Waals surface area contributed by atoms with Crippen molar-refractivity contribution in [3.8, 4) is 0 Å². The molecule has 1 aliphatic heterocycles. The summed E-state index contributed by atoms with van der Waals surface area (Å²) in [5.74, 6) is 0.0767. The molecule has 1 aliphatic rings. The van der Waals surface area contributed by atoms with Gasteiger partial charge >= 0.3 is 0 Å². The molecular weight excluding hydrogens is 324 g/mol. The molecule has 0 atom stereocenters. The summed E-state index contributed by atoms with van der Waals surface area (Å²) in [6, 6.07) is 19.7. The van der Waals surface area contributed by atoms with Gasteiger partial charge in [0.05, 0.1) is 6.42 Å². The van der Waals surface area contributed by atoms with E-state index in [0.29, 0.717) is 19.5 Å². The van der Waals surface area contributed by atoms with Gasteiger partial charge in [0, 0.05) is 25.2 Å². The predicted octanol–water partition coefficient (Wildman–Crippen LogP) is 3.05. The molecule has 1 heterocycles.